The lowest BCUT2D eigenvalue weighted by Crippen LogP contribution is -2.06. The van der Waals surface area contributed by atoms with Gasteiger partial charge in [-0.15, -0.1) is 0 Å². The minimum absolute atomic E-state index is 0.206. The number of carbonyl (C=O) groups excluding carboxylic acids is 1. The quantitative estimate of drug-likeness (QED) is 0.231. The molecule has 7 nitrogen and oxygen atoms in total. The summed E-state index contributed by atoms with van der Waals surface area (Å²) < 4.78 is 4.84. The molecule has 0 heterocycles. The third kappa shape index (κ3) is 13.5. The molecule has 120 valence electrons. The highest BCUT2D eigenvalue weighted by atomic mass is 16.5. The Hall–Kier alpha value is -2.88. The number of esters is 1. The highest BCUT2D eigenvalue weighted by Gasteiger charge is 2.07. The summed E-state index contributed by atoms with van der Waals surface area (Å²) in [4.78, 5) is 30.7. The highest BCUT2D eigenvalue weighted by Crippen LogP contribution is 1.98. The van der Waals surface area contributed by atoms with E-state index in [1.165, 1.54) is 12.2 Å². The average Bonchev–Trinajstić information content (AvgIpc) is 2.44. The van der Waals surface area contributed by atoms with Crippen LogP contribution < -0.4 is 0 Å². The topological polar surface area (TPSA) is 125 Å². The monoisotopic (exact) mass is 309 g/mol. The molecule has 0 atom stereocenters. The zero-order chi connectivity index (χ0) is 17.5. The van der Waals surface area contributed by atoms with E-state index in [1.54, 1.807) is 6.07 Å². The molecule has 0 saturated carbocycles. The van der Waals surface area contributed by atoms with Crippen molar-refractivity contribution in [3.05, 3.63) is 36.5 Å². The van der Waals surface area contributed by atoms with Crippen LogP contribution in [0.5, 0.6) is 0 Å². The number of nitriles is 1. The molecule has 0 unspecified atom stereocenters. The molecule has 0 bridgehead atoms. The number of ether oxygens (including phenoxy) is 1. The molecular formula is C15H19NO6. The van der Waals surface area contributed by atoms with Crippen LogP contribution in [0, 0.1) is 11.3 Å². The molecule has 0 aliphatic rings. The molecule has 0 aromatic rings. The fourth-order valence-corrected chi connectivity index (χ4v) is 0.866. The van der Waals surface area contributed by atoms with Crippen LogP contribution in [0.15, 0.2) is 36.5 Å². The number of carbonyl (C=O) groups is 3. The Bertz CT molecular complexity index is 499. The molecule has 0 radical (unpaired) electrons. The SMILES string of the molecule is C=C(C=CC#N)C(=O)OCCCC.C=C(CC(=O)O)C(=O)O. The Morgan fingerprint density at radius 2 is 1.86 bits per heavy atom. The first-order valence-corrected chi connectivity index (χ1v) is 6.31. The lowest BCUT2D eigenvalue weighted by Gasteiger charge is -2.01. The van der Waals surface area contributed by atoms with Crippen LogP contribution in [0.3, 0.4) is 0 Å². The molecule has 7 heteroatoms. The van der Waals surface area contributed by atoms with Crippen LogP contribution in [0.1, 0.15) is 26.2 Å². The highest BCUT2D eigenvalue weighted by molar-refractivity contribution is 5.91. The van der Waals surface area contributed by atoms with Crippen molar-refractivity contribution in [2.24, 2.45) is 0 Å². The Kier molecular flexibility index (Phi) is 12.8. The van der Waals surface area contributed by atoms with Crippen molar-refractivity contribution in [2.75, 3.05) is 6.61 Å². The first-order valence-electron chi connectivity index (χ1n) is 6.31. The van der Waals surface area contributed by atoms with Gasteiger partial charge in [0.2, 0.25) is 0 Å². The lowest BCUT2D eigenvalue weighted by molar-refractivity contribution is -0.139. The van der Waals surface area contributed by atoms with Crippen LogP contribution >= 0.6 is 0 Å². The number of carboxylic acids is 2. The van der Waals surface area contributed by atoms with Crippen molar-refractivity contribution in [3.63, 3.8) is 0 Å². The maximum atomic E-state index is 11.0. The van der Waals surface area contributed by atoms with Crippen molar-refractivity contribution in [3.8, 4) is 6.07 Å². The summed E-state index contributed by atoms with van der Waals surface area (Å²) in [6, 6.07) is 1.77. The summed E-state index contributed by atoms with van der Waals surface area (Å²) in [6.07, 6.45) is 3.86. The number of aliphatic carboxylic acids is 2. The first kappa shape index (κ1) is 21.4. The summed E-state index contributed by atoms with van der Waals surface area (Å²) >= 11 is 0. The van der Waals surface area contributed by atoms with Gasteiger partial charge < -0.3 is 14.9 Å². The van der Waals surface area contributed by atoms with Gasteiger partial charge in [-0.25, -0.2) is 9.59 Å². The molecule has 22 heavy (non-hydrogen) atoms. The largest absolute Gasteiger partial charge is 0.481 e. The normalized spacial score (nSPS) is 9.09. The van der Waals surface area contributed by atoms with E-state index in [0.29, 0.717) is 6.61 Å². The first-order chi connectivity index (χ1) is 10.3. The minimum Gasteiger partial charge on any atom is -0.481 e. The number of unbranched alkanes of at least 4 members (excludes halogenated alkanes) is 1. The van der Waals surface area contributed by atoms with E-state index >= 15 is 0 Å². The molecule has 0 amide bonds. The molecule has 0 fully saturated rings. The van der Waals surface area contributed by atoms with E-state index in [2.05, 4.69) is 13.2 Å². The van der Waals surface area contributed by atoms with Gasteiger partial charge in [-0.1, -0.05) is 26.5 Å². The van der Waals surface area contributed by atoms with Crippen LogP contribution in [-0.2, 0) is 19.1 Å². The van der Waals surface area contributed by atoms with E-state index in [-0.39, 0.29) is 11.1 Å². The van der Waals surface area contributed by atoms with Gasteiger partial charge in [-0.05, 0) is 12.5 Å². The molecule has 0 spiro atoms. The van der Waals surface area contributed by atoms with E-state index < -0.39 is 24.3 Å². The second-order valence-electron chi connectivity index (χ2n) is 3.96. The van der Waals surface area contributed by atoms with Gasteiger partial charge in [0.15, 0.2) is 0 Å². The second kappa shape index (κ2) is 13.1. The Morgan fingerprint density at radius 3 is 2.23 bits per heavy atom. The molecule has 2 N–H and O–H groups in total. The predicted molar refractivity (Wildman–Crippen MR) is 78.8 cm³/mol. The van der Waals surface area contributed by atoms with E-state index in [0.717, 1.165) is 12.8 Å². The molecule has 0 aliphatic carbocycles. The summed E-state index contributed by atoms with van der Waals surface area (Å²) in [5.41, 5.74) is -0.0971. The summed E-state index contributed by atoms with van der Waals surface area (Å²) in [7, 11) is 0. The summed E-state index contributed by atoms with van der Waals surface area (Å²) in [5.74, 6) is -2.90. The number of hydrogen-bond acceptors (Lipinski definition) is 5. The molecular weight excluding hydrogens is 290 g/mol. The average molecular weight is 309 g/mol. The van der Waals surface area contributed by atoms with Crippen molar-refractivity contribution < 1.29 is 29.3 Å². The number of nitrogens with zero attached hydrogens (tertiary/aromatic N) is 1. The lowest BCUT2D eigenvalue weighted by atomic mass is 10.2. The number of hydrogen-bond donors (Lipinski definition) is 2. The molecule has 0 aromatic carbocycles. The van der Waals surface area contributed by atoms with Gasteiger partial charge in [0.1, 0.15) is 0 Å². The van der Waals surface area contributed by atoms with Crippen LogP contribution in [0.2, 0.25) is 0 Å². The smallest absolute Gasteiger partial charge is 0.337 e. The van der Waals surface area contributed by atoms with Crippen molar-refractivity contribution >= 4 is 17.9 Å². The van der Waals surface area contributed by atoms with Crippen molar-refractivity contribution in [2.45, 2.75) is 26.2 Å². The molecule has 0 aromatic heterocycles. The van der Waals surface area contributed by atoms with Gasteiger partial charge in [0, 0.05) is 11.6 Å². The number of rotatable bonds is 8. The van der Waals surface area contributed by atoms with E-state index in [1.807, 2.05) is 6.92 Å². The Morgan fingerprint density at radius 1 is 1.27 bits per heavy atom. The van der Waals surface area contributed by atoms with Gasteiger partial charge in [0.25, 0.3) is 0 Å². The van der Waals surface area contributed by atoms with Gasteiger partial charge in [0.05, 0.1) is 24.7 Å². The zero-order valence-corrected chi connectivity index (χ0v) is 12.4. The number of allylic oxidation sites excluding steroid dienone is 1. The molecule has 0 saturated heterocycles. The maximum absolute atomic E-state index is 11.0. The minimum atomic E-state index is -1.27. The van der Waals surface area contributed by atoms with Crippen LogP contribution in [0.4, 0.5) is 0 Å². The van der Waals surface area contributed by atoms with Crippen molar-refractivity contribution in [1.82, 2.24) is 0 Å². The Balaban J connectivity index is 0. The molecule has 0 aliphatic heterocycles. The van der Waals surface area contributed by atoms with E-state index in [9.17, 15) is 14.4 Å². The fraction of sp³-hybridized carbons (Fsp3) is 0.333. The Labute approximate surface area is 128 Å². The third-order valence-corrected chi connectivity index (χ3v) is 2.02. The second-order valence-corrected chi connectivity index (χ2v) is 3.96. The number of carboxylic acid groups (broad SMARTS) is 2. The predicted octanol–water partition coefficient (Wildman–Crippen LogP) is 2.07. The van der Waals surface area contributed by atoms with Crippen molar-refractivity contribution in [1.29, 1.82) is 5.26 Å². The van der Waals surface area contributed by atoms with Gasteiger partial charge in [-0.2, -0.15) is 5.26 Å². The zero-order valence-electron chi connectivity index (χ0n) is 12.4. The maximum Gasteiger partial charge on any atom is 0.337 e. The van der Waals surface area contributed by atoms with Crippen LogP contribution in [-0.4, -0.2) is 34.7 Å². The molecule has 0 rings (SSSR count). The fourth-order valence-electron chi connectivity index (χ4n) is 0.866. The summed E-state index contributed by atoms with van der Waals surface area (Å²) in [5, 5.41) is 24.3. The van der Waals surface area contributed by atoms with Crippen LogP contribution in [0.25, 0.3) is 0 Å². The van der Waals surface area contributed by atoms with E-state index in [4.69, 9.17) is 20.2 Å². The summed E-state index contributed by atoms with van der Waals surface area (Å²) in [6.45, 7) is 8.90. The van der Waals surface area contributed by atoms with Gasteiger partial charge in [-0.3, -0.25) is 4.79 Å². The standard InChI is InChI=1S/C10H13NO2.C5H6O4/c1-3-4-8-13-10(12)9(2)6-5-7-11;1-3(5(8)9)2-4(6)7/h5-6H,2-4,8H2,1H3;1-2H2,(H,6,7)(H,8,9). The van der Waals surface area contributed by atoms with Gasteiger partial charge >= 0.3 is 17.9 Å². The third-order valence-electron chi connectivity index (χ3n) is 2.02.